The van der Waals surface area contributed by atoms with Gasteiger partial charge < -0.3 is 25.4 Å². The normalized spacial score (nSPS) is 47.4. The third-order valence-electron chi connectivity index (χ3n) is 4.55. The lowest BCUT2D eigenvalue weighted by Crippen LogP contribution is -2.65. The highest BCUT2D eigenvalue weighted by atomic mass is 16.5. The molecule has 0 spiro atoms. The highest BCUT2D eigenvalue weighted by Gasteiger charge is 2.49. The Balaban J connectivity index is 2.02. The van der Waals surface area contributed by atoms with Gasteiger partial charge in [-0.15, -0.1) is 0 Å². The molecule has 1 saturated heterocycles. The molecule has 2 fully saturated rings. The molecule has 0 radical (unpaired) electrons. The number of rotatable bonds is 3. The van der Waals surface area contributed by atoms with E-state index in [0.717, 1.165) is 0 Å². The summed E-state index contributed by atoms with van der Waals surface area (Å²) in [5.74, 6) is 0. The number of nitrogens with one attached hydrogen (secondary N) is 1. The van der Waals surface area contributed by atoms with Crippen molar-refractivity contribution in [2.75, 3.05) is 26.7 Å². The van der Waals surface area contributed by atoms with Gasteiger partial charge in [-0.2, -0.15) is 0 Å². The van der Waals surface area contributed by atoms with Gasteiger partial charge >= 0.3 is 0 Å². The number of aliphatic hydroxyl groups excluding tert-OH is 2. The van der Waals surface area contributed by atoms with Crippen LogP contribution in [0.25, 0.3) is 0 Å². The Morgan fingerprint density at radius 2 is 1.65 bits per heavy atom. The molecule has 4 N–H and O–H groups in total. The molecule has 0 aromatic heterocycles. The second kappa shape index (κ2) is 6.25. The van der Waals surface area contributed by atoms with Crippen LogP contribution in [0.1, 0.15) is 26.7 Å². The van der Waals surface area contributed by atoms with Gasteiger partial charge in [0.25, 0.3) is 0 Å². The first kappa shape index (κ1) is 16.1. The number of β-amino-alcohol motifs (C(OH)–C–C–N with tert-alkyl or cyclic N) is 1. The van der Waals surface area contributed by atoms with Crippen molar-refractivity contribution in [2.24, 2.45) is 0 Å². The molecule has 6 atom stereocenters. The summed E-state index contributed by atoms with van der Waals surface area (Å²) in [5, 5.41) is 34.3. The fourth-order valence-electron chi connectivity index (χ4n) is 3.48. The summed E-state index contributed by atoms with van der Waals surface area (Å²) >= 11 is 0. The quantitative estimate of drug-likeness (QED) is 0.529. The molecule has 6 nitrogen and oxygen atoms in total. The number of morpholine rings is 1. The highest BCUT2D eigenvalue weighted by molar-refractivity contribution is 5.03. The van der Waals surface area contributed by atoms with E-state index in [4.69, 9.17) is 4.74 Å². The average Bonchev–Trinajstić information content (AvgIpc) is 2.34. The fourth-order valence-corrected chi connectivity index (χ4v) is 3.48. The van der Waals surface area contributed by atoms with Crippen LogP contribution in [0.4, 0.5) is 0 Å². The van der Waals surface area contributed by atoms with Gasteiger partial charge in [0.05, 0.1) is 24.4 Å². The number of nitrogens with zero attached hydrogens (tertiary/aromatic N) is 1. The van der Waals surface area contributed by atoms with E-state index in [1.54, 1.807) is 7.05 Å². The maximum Gasteiger partial charge on any atom is 0.129 e. The molecule has 6 heteroatoms. The maximum atomic E-state index is 10.7. The topological polar surface area (TPSA) is 85.2 Å². The second-order valence-corrected chi connectivity index (χ2v) is 6.43. The molecule has 1 saturated carbocycles. The number of hydrogen-bond donors (Lipinski definition) is 4. The van der Waals surface area contributed by atoms with Crippen molar-refractivity contribution >= 4 is 0 Å². The van der Waals surface area contributed by atoms with Gasteiger partial charge in [-0.3, -0.25) is 4.90 Å². The molecule has 1 aliphatic carbocycles. The lowest BCUT2D eigenvalue weighted by molar-refractivity contribution is -0.191. The minimum absolute atomic E-state index is 0.0443. The van der Waals surface area contributed by atoms with E-state index in [0.29, 0.717) is 25.9 Å². The third kappa shape index (κ3) is 3.32. The monoisotopic (exact) mass is 288 g/mol. The van der Waals surface area contributed by atoms with Gasteiger partial charge in [-0.25, -0.2) is 0 Å². The summed E-state index contributed by atoms with van der Waals surface area (Å²) in [6, 6.07) is 0.0443. The van der Waals surface area contributed by atoms with Gasteiger partial charge in [0, 0.05) is 25.7 Å². The van der Waals surface area contributed by atoms with Gasteiger partial charge in [0.2, 0.25) is 0 Å². The summed E-state index contributed by atoms with van der Waals surface area (Å²) in [6.45, 7) is 5.70. The summed E-state index contributed by atoms with van der Waals surface area (Å²) in [7, 11) is 1.81. The third-order valence-corrected chi connectivity index (χ3v) is 4.55. The average molecular weight is 288 g/mol. The first-order valence-corrected chi connectivity index (χ1v) is 7.48. The van der Waals surface area contributed by atoms with Crippen molar-refractivity contribution in [1.29, 1.82) is 0 Å². The Labute approximate surface area is 120 Å². The Morgan fingerprint density at radius 1 is 1.15 bits per heavy atom. The van der Waals surface area contributed by atoms with Crippen LogP contribution in [0.5, 0.6) is 0 Å². The van der Waals surface area contributed by atoms with Gasteiger partial charge in [0.1, 0.15) is 5.60 Å². The zero-order valence-corrected chi connectivity index (χ0v) is 12.6. The SMILES string of the molecule is CNC1C[C@@H](O)C(O)(CN2C[C@@H](C)O[C@@H](C)C2)[C@@H](O)C1. The highest BCUT2D eigenvalue weighted by Crippen LogP contribution is 2.31. The lowest BCUT2D eigenvalue weighted by Gasteiger charge is -2.47. The predicted molar refractivity (Wildman–Crippen MR) is 75.5 cm³/mol. The predicted octanol–water partition coefficient (Wildman–Crippen LogP) is -1.07. The molecule has 20 heavy (non-hydrogen) atoms. The Morgan fingerprint density at radius 3 is 2.10 bits per heavy atom. The molecule has 2 rings (SSSR count). The van der Waals surface area contributed by atoms with Crippen molar-refractivity contribution in [1.82, 2.24) is 10.2 Å². The Bertz CT molecular complexity index is 306. The molecule has 2 aliphatic rings. The number of aliphatic hydroxyl groups is 3. The molecule has 0 amide bonds. The number of ether oxygens (including phenoxy) is 1. The zero-order valence-electron chi connectivity index (χ0n) is 12.6. The molecule has 2 unspecified atom stereocenters. The molecule has 0 bridgehead atoms. The zero-order chi connectivity index (χ0) is 14.9. The van der Waals surface area contributed by atoms with Crippen molar-refractivity contribution in [2.45, 2.75) is 62.7 Å². The van der Waals surface area contributed by atoms with Crippen LogP contribution in [0, 0.1) is 0 Å². The van der Waals surface area contributed by atoms with E-state index in [9.17, 15) is 15.3 Å². The van der Waals surface area contributed by atoms with E-state index in [-0.39, 0.29) is 24.8 Å². The van der Waals surface area contributed by atoms with Crippen molar-refractivity contribution in [3.05, 3.63) is 0 Å². The van der Waals surface area contributed by atoms with Crippen LogP contribution in [0.15, 0.2) is 0 Å². The molecule has 118 valence electrons. The van der Waals surface area contributed by atoms with Crippen molar-refractivity contribution < 1.29 is 20.1 Å². The summed E-state index contributed by atoms with van der Waals surface area (Å²) in [4.78, 5) is 2.07. The van der Waals surface area contributed by atoms with Crippen molar-refractivity contribution in [3.8, 4) is 0 Å². The van der Waals surface area contributed by atoms with E-state index < -0.39 is 17.8 Å². The van der Waals surface area contributed by atoms with E-state index in [1.807, 2.05) is 13.8 Å². The summed E-state index contributed by atoms with van der Waals surface area (Å²) < 4.78 is 5.67. The molecular formula is C14H28N2O4. The van der Waals surface area contributed by atoms with Crippen LogP contribution in [0.2, 0.25) is 0 Å². The van der Waals surface area contributed by atoms with Crippen LogP contribution in [0.3, 0.4) is 0 Å². The van der Waals surface area contributed by atoms with Crippen molar-refractivity contribution in [3.63, 3.8) is 0 Å². The molecule has 1 aliphatic heterocycles. The molecule has 0 aromatic carbocycles. The molecular weight excluding hydrogens is 260 g/mol. The van der Waals surface area contributed by atoms with Crippen LogP contribution < -0.4 is 5.32 Å². The van der Waals surface area contributed by atoms with Crippen LogP contribution in [-0.2, 0) is 4.74 Å². The first-order chi connectivity index (χ1) is 9.35. The standard InChI is InChI=1S/C14H28N2O4/c1-9-6-16(7-10(2)20-9)8-14(19)12(17)4-11(15-3)5-13(14)18/h9-13,15,17-19H,4-8H2,1-3H3/t9-,10+,11?,12-,13+,14?. The van der Waals surface area contributed by atoms with Gasteiger partial charge in [-0.05, 0) is 33.7 Å². The number of hydrogen-bond acceptors (Lipinski definition) is 6. The van der Waals surface area contributed by atoms with E-state index >= 15 is 0 Å². The Kier molecular flexibility index (Phi) is 5.05. The molecule has 0 aromatic rings. The second-order valence-electron chi connectivity index (χ2n) is 6.43. The smallest absolute Gasteiger partial charge is 0.129 e. The van der Waals surface area contributed by atoms with Gasteiger partial charge in [0.15, 0.2) is 0 Å². The maximum absolute atomic E-state index is 10.7. The Hall–Kier alpha value is -0.240. The molecule has 1 heterocycles. The minimum atomic E-state index is -1.45. The minimum Gasteiger partial charge on any atom is -0.390 e. The van der Waals surface area contributed by atoms with E-state index in [1.165, 1.54) is 0 Å². The van der Waals surface area contributed by atoms with E-state index in [2.05, 4.69) is 10.2 Å². The van der Waals surface area contributed by atoms with Crippen LogP contribution in [-0.4, -0.2) is 83.0 Å². The largest absolute Gasteiger partial charge is 0.390 e. The summed E-state index contributed by atoms with van der Waals surface area (Å²) in [6.07, 6.45) is -0.719. The van der Waals surface area contributed by atoms with Crippen LogP contribution >= 0.6 is 0 Å². The first-order valence-electron chi connectivity index (χ1n) is 7.48. The van der Waals surface area contributed by atoms with Gasteiger partial charge in [-0.1, -0.05) is 0 Å². The lowest BCUT2D eigenvalue weighted by atomic mass is 9.77. The fraction of sp³-hybridized carbons (Fsp3) is 1.00. The summed E-state index contributed by atoms with van der Waals surface area (Å²) in [5.41, 5.74) is -1.45.